The maximum Gasteiger partial charge on any atom is 0.0812 e. The lowest BCUT2D eigenvalue weighted by atomic mass is 10.3. The van der Waals surface area contributed by atoms with E-state index in [9.17, 15) is 3.89 Å². The highest BCUT2D eigenvalue weighted by molar-refractivity contribution is 7.99. The van der Waals surface area contributed by atoms with Gasteiger partial charge in [0.1, 0.15) is 0 Å². The van der Waals surface area contributed by atoms with E-state index in [0.717, 1.165) is 5.75 Å². The summed E-state index contributed by atoms with van der Waals surface area (Å²) in [6.45, 7) is 4.39. The number of hydrogen-bond donors (Lipinski definition) is 0. The molecule has 0 radical (unpaired) electrons. The summed E-state index contributed by atoms with van der Waals surface area (Å²) in [5.41, 5.74) is 0. The van der Waals surface area contributed by atoms with E-state index in [1.165, 1.54) is 4.90 Å². The van der Waals surface area contributed by atoms with Gasteiger partial charge in [-0.05, 0) is 30.2 Å². The van der Waals surface area contributed by atoms with E-state index in [2.05, 4.69) is 13.8 Å². The number of halogens is 1. The number of benzene rings is 1. The number of hydrogen-bond acceptors (Lipinski definition) is 2. The second-order valence-electron chi connectivity index (χ2n) is 3.25. The summed E-state index contributed by atoms with van der Waals surface area (Å²) in [4.78, 5) is 1.89. The highest BCUT2D eigenvalue weighted by Crippen LogP contribution is 2.24. The maximum absolute atomic E-state index is 12.1. The molecule has 1 rings (SSSR count). The Balaban J connectivity index is 2.49. The Morgan fingerprint density at radius 2 is 1.69 bits per heavy atom. The zero-order chi connectivity index (χ0) is 9.68. The van der Waals surface area contributed by atoms with Gasteiger partial charge in [0, 0.05) is 15.5 Å². The SMILES string of the molecule is CC(C)CSc1ccc(SF)cc1. The van der Waals surface area contributed by atoms with Gasteiger partial charge in [0.15, 0.2) is 0 Å². The van der Waals surface area contributed by atoms with Gasteiger partial charge in [0.2, 0.25) is 0 Å². The second kappa shape index (κ2) is 5.55. The summed E-state index contributed by atoms with van der Waals surface area (Å²) < 4.78 is 12.1. The van der Waals surface area contributed by atoms with E-state index in [1.807, 2.05) is 36.0 Å². The fourth-order valence-corrected chi connectivity index (χ4v) is 1.94. The summed E-state index contributed by atoms with van der Waals surface area (Å²) in [5, 5.41) is 0. The first-order chi connectivity index (χ1) is 6.22. The molecule has 0 unspecified atom stereocenters. The molecule has 0 saturated heterocycles. The van der Waals surface area contributed by atoms with E-state index in [1.54, 1.807) is 0 Å². The summed E-state index contributed by atoms with van der Waals surface area (Å²) in [7, 11) is 0. The van der Waals surface area contributed by atoms with Crippen LogP contribution in [0.3, 0.4) is 0 Å². The molecule has 72 valence electrons. The van der Waals surface area contributed by atoms with Gasteiger partial charge in [-0.1, -0.05) is 13.8 Å². The molecule has 1 aromatic carbocycles. The largest absolute Gasteiger partial charge is 0.160 e. The molecule has 0 fully saturated rings. The summed E-state index contributed by atoms with van der Waals surface area (Å²) in [5.74, 6) is 1.81. The Labute approximate surface area is 87.6 Å². The minimum Gasteiger partial charge on any atom is -0.160 e. The molecule has 0 atom stereocenters. The van der Waals surface area contributed by atoms with Crippen molar-refractivity contribution in [2.24, 2.45) is 5.92 Å². The molecular formula is C10H13FS2. The molecule has 1 aromatic rings. The van der Waals surface area contributed by atoms with E-state index < -0.39 is 0 Å². The molecule has 0 N–H and O–H groups in total. The van der Waals surface area contributed by atoms with Gasteiger partial charge in [0.05, 0.1) is 12.1 Å². The van der Waals surface area contributed by atoms with Crippen LogP contribution in [0.4, 0.5) is 3.89 Å². The van der Waals surface area contributed by atoms with Gasteiger partial charge in [-0.2, -0.15) is 3.89 Å². The van der Waals surface area contributed by atoms with E-state index in [-0.39, 0.29) is 0 Å². The number of rotatable bonds is 4. The smallest absolute Gasteiger partial charge is 0.0812 e. The molecule has 0 amide bonds. The lowest BCUT2D eigenvalue weighted by Crippen LogP contribution is -1.89. The molecule has 0 heterocycles. The quantitative estimate of drug-likeness (QED) is 0.684. The predicted octanol–water partition coefficient (Wildman–Crippen LogP) is 4.41. The van der Waals surface area contributed by atoms with Crippen molar-refractivity contribution in [3.63, 3.8) is 0 Å². The van der Waals surface area contributed by atoms with Gasteiger partial charge >= 0.3 is 0 Å². The van der Waals surface area contributed by atoms with Crippen LogP contribution in [0.25, 0.3) is 0 Å². The average Bonchev–Trinajstić information content (AvgIpc) is 2.15. The molecule has 0 saturated carbocycles. The first-order valence-corrected chi connectivity index (χ1v) is 5.94. The van der Waals surface area contributed by atoms with Crippen LogP contribution in [-0.4, -0.2) is 5.75 Å². The Morgan fingerprint density at radius 3 is 2.15 bits per heavy atom. The van der Waals surface area contributed by atoms with Crippen molar-refractivity contribution in [3.8, 4) is 0 Å². The molecule has 0 aliphatic carbocycles. The van der Waals surface area contributed by atoms with Crippen molar-refractivity contribution < 1.29 is 3.89 Å². The third-order valence-corrected chi connectivity index (χ3v) is 3.39. The summed E-state index contributed by atoms with van der Waals surface area (Å²) >= 11 is 2.11. The zero-order valence-electron chi connectivity index (χ0n) is 7.79. The van der Waals surface area contributed by atoms with Crippen molar-refractivity contribution in [1.82, 2.24) is 0 Å². The standard InChI is InChI=1S/C10H13FS2/c1-8(2)7-12-9-3-5-10(13-11)6-4-9/h3-6,8H,7H2,1-2H3. The lowest BCUT2D eigenvalue weighted by Gasteiger charge is -2.04. The number of thioether (sulfide) groups is 1. The lowest BCUT2D eigenvalue weighted by molar-refractivity contribution is 0.750. The Bertz CT molecular complexity index is 244. The molecule has 0 aromatic heterocycles. The van der Waals surface area contributed by atoms with Crippen molar-refractivity contribution in [2.45, 2.75) is 23.6 Å². The van der Waals surface area contributed by atoms with Gasteiger partial charge in [-0.25, -0.2) is 0 Å². The highest BCUT2D eigenvalue weighted by atomic mass is 32.2. The van der Waals surface area contributed by atoms with Gasteiger partial charge < -0.3 is 0 Å². The van der Waals surface area contributed by atoms with Crippen LogP contribution >= 0.6 is 23.9 Å². The molecule has 0 spiro atoms. The van der Waals surface area contributed by atoms with Crippen LogP contribution in [-0.2, 0) is 0 Å². The summed E-state index contributed by atoms with van der Waals surface area (Å²) in [6, 6.07) is 7.56. The molecule has 0 bridgehead atoms. The van der Waals surface area contributed by atoms with E-state index in [4.69, 9.17) is 0 Å². The first-order valence-electron chi connectivity index (χ1n) is 4.24. The zero-order valence-corrected chi connectivity index (χ0v) is 9.42. The summed E-state index contributed by atoms with van der Waals surface area (Å²) in [6.07, 6.45) is 0. The normalized spacial score (nSPS) is 10.8. The van der Waals surface area contributed by atoms with Crippen LogP contribution in [0.2, 0.25) is 0 Å². The Hall–Kier alpha value is -0.150. The third kappa shape index (κ3) is 4.05. The van der Waals surface area contributed by atoms with Gasteiger partial charge in [0.25, 0.3) is 0 Å². The topological polar surface area (TPSA) is 0 Å². The van der Waals surface area contributed by atoms with Crippen LogP contribution in [0.15, 0.2) is 34.1 Å². The van der Waals surface area contributed by atoms with Gasteiger partial charge in [-0.3, -0.25) is 0 Å². The van der Waals surface area contributed by atoms with E-state index >= 15 is 0 Å². The monoisotopic (exact) mass is 216 g/mol. The van der Waals surface area contributed by atoms with Crippen molar-refractivity contribution in [3.05, 3.63) is 24.3 Å². The minimum atomic E-state index is 0.293. The first kappa shape index (κ1) is 10.9. The fraction of sp³-hybridized carbons (Fsp3) is 0.400. The fourth-order valence-electron chi connectivity index (χ4n) is 0.850. The second-order valence-corrected chi connectivity index (χ2v) is 4.97. The van der Waals surface area contributed by atoms with E-state index in [0.29, 0.717) is 23.0 Å². The average molecular weight is 216 g/mol. The molecule has 0 nitrogen and oxygen atoms in total. The molecule has 0 aliphatic rings. The van der Waals surface area contributed by atoms with Crippen LogP contribution in [0, 0.1) is 5.92 Å². The molecule has 13 heavy (non-hydrogen) atoms. The van der Waals surface area contributed by atoms with Crippen molar-refractivity contribution >= 4 is 23.9 Å². The molecular weight excluding hydrogens is 203 g/mol. The molecule has 3 heteroatoms. The highest BCUT2D eigenvalue weighted by Gasteiger charge is 1.98. The maximum atomic E-state index is 12.1. The van der Waals surface area contributed by atoms with Gasteiger partial charge in [-0.15, -0.1) is 11.8 Å². The van der Waals surface area contributed by atoms with Crippen molar-refractivity contribution in [1.29, 1.82) is 0 Å². The third-order valence-electron chi connectivity index (χ3n) is 1.50. The minimum absolute atomic E-state index is 0.293. The van der Waals surface area contributed by atoms with Crippen LogP contribution < -0.4 is 0 Å². The van der Waals surface area contributed by atoms with Crippen LogP contribution in [0.1, 0.15) is 13.8 Å². The Kier molecular flexibility index (Phi) is 4.67. The Morgan fingerprint density at radius 1 is 1.15 bits per heavy atom. The predicted molar refractivity (Wildman–Crippen MR) is 59.0 cm³/mol. The van der Waals surface area contributed by atoms with Crippen molar-refractivity contribution in [2.75, 3.05) is 5.75 Å². The van der Waals surface area contributed by atoms with Crippen LogP contribution in [0.5, 0.6) is 0 Å². The molecule has 0 aliphatic heterocycles.